The Kier molecular flexibility index (Phi) is 8.37. The quantitative estimate of drug-likeness (QED) is 0.415. The molecule has 2 aromatic carbocycles. The first kappa shape index (κ1) is 24.7. The van der Waals surface area contributed by atoms with Crippen LogP contribution in [0.5, 0.6) is 0 Å². The lowest BCUT2D eigenvalue weighted by molar-refractivity contribution is -0.133. The summed E-state index contributed by atoms with van der Waals surface area (Å²) in [5, 5.41) is 0. The number of aryl methyl sites for hydroxylation is 2. The second kappa shape index (κ2) is 11.8. The van der Waals surface area contributed by atoms with Crippen LogP contribution >= 0.6 is 0 Å². The summed E-state index contributed by atoms with van der Waals surface area (Å²) >= 11 is 0. The van der Waals surface area contributed by atoms with E-state index in [2.05, 4.69) is 6.92 Å². The molecule has 6 heteroatoms. The third kappa shape index (κ3) is 6.83. The Bertz CT molecular complexity index is 1100. The van der Waals surface area contributed by atoms with Crippen LogP contribution in [0, 0.1) is 6.92 Å². The number of nitrogens with zero attached hydrogens (tertiary/aromatic N) is 2. The van der Waals surface area contributed by atoms with Gasteiger partial charge in [0.2, 0.25) is 5.91 Å². The molecule has 6 nitrogen and oxygen atoms in total. The second-order valence-corrected chi connectivity index (χ2v) is 9.12. The van der Waals surface area contributed by atoms with Crippen molar-refractivity contribution < 1.29 is 18.7 Å². The van der Waals surface area contributed by atoms with Gasteiger partial charge in [-0.05, 0) is 61.6 Å². The molecule has 1 aliphatic heterocycles. The third-order valence-electron chi connectivity index (χ3n) is 6.38. The van der Waals surface area contributed by atoms with E-state index in [9.17, 15) is 9.59 Å². The van der Waals surface area contributed by atoms with E-state index in [1.807, 2.05) is 73.7 Å². The summed E-state index contributed by atoms with van der Waals surface area (Å²) in [5.74, 6) is 1.25. The van der Waals surface area contributed by atoms with E-state index >= 15 is 0 Å². The van der Waals surface area contributed by atoms with Crippen LogP contribution in [0.1, 0.15) is 52.8 Å². The van der Waals surface area contributed by atoms with E-state index in [1.54, 1.807) is 9.80 Å². The largest absolute Gasteiger partial charge is 0.464 e. The molecule has 0 saturated carbocycles. The minimum atomic E-state index is -0.148. The predicted molar refractivity (Wildman–Crippen MR) is 135 cm³/mol. The number of ether oxygens (including phenoxy) is 1. The molecule has 1 fully saturated rings. The zero-order chi connectivity index (χ0) is 24.6. The van der Waals surface area contributed by atoms with Gasteiger partial charge < -0.3 is 19.0 Å². The summed E-state index contributed by atoms with van der Waals surface area (Å²) in [5.41, 5.74) is 2.78. The number of hydrogen-bond donors (Lipinski definition) is 0. The average Bonchev–Trinajstić information content (AvgIpc) is 3.55. The van der Waals surface area contributed by atoms with Gasteiger partial charge in [-0.1, -0.05) is 49.4 Å². The van der Waals surface area contributed by atoms with Crippen molar-refractivity contribution >= 4 is 11.8 Å². The molecule has 1 unspecified atom stereocenters. The number of hydrogen-bond acceptors (Lipinski definition) is 4. The Labute approximate surface area is 207 Å². The van der Waals surface area contributed by atoms with Gasteiger partial charge in [-0.2, -0.15) is 0 Å². The van der Waals surface area contributed by atoms with Crippen molar-refractivity contribution in [1.29, 1.82) is 0 Å². The number of amides is 2. The highest BCUT2D eigenvalue weighted by Gasteiger charge is 2.27. The molecule has 2 heterocycles. The SMILES string of the molecule is CCc1ccc(C(=O)N(CC(=O)N(Cc2ccccc2)Cc2ccc(C)o2)CC2CCCO2)cc1. The molecule has 0 bridgehead atoms. The predicted octanol–water partition coefficient (Wildman–Crippen LogP) is 5.00. The molecule has 0 radical (unpaired) electrons. The smallest absolute Gasteiger partial charge is 0.254 e. The Morgan fingerprint density at radius 2 is 1.69 bits per heavy atom. The molecule has 2 amide bonds. The van der Waals surface area contributed by atoms with Crippen molar-refractivity contribution in [3.8, 4) is 0 Å². The maximum atomic E-state index is 13.6. The van der Waals surface area contributed by atoms with Crippen molar-refractivity contribution in [3.63, 3.8) is 0 Å². The maximum absolute atomic E-state index is 13.6. The van der Waals surface area contributed by atoms with Crippen LogP contribution in [0.15, 0.2) is 71.1 Å². The Hall–Kier alpha value is -3.38. The zero-order valence-corrected chi connectivity index (χ0v) is 20.6. The molecular weight excluding hydrogens is 440 g/mol. The molecule has 0 aliphatic carbocycles. The summed E-state index contributed by atoms with van der Waals surface area (Å²) in [6, 6.07) is 21.3. The lowest BCUT2D eigenvalue weighted by Gasteiger charge is -2.29. The van der Waals surface area contributed by atoms with E-state index in [-0.39, 0.29) is 24.5 Å². The first-order valence-corrected chi connectivity index (χ1v) is 12.4. The minimum Gasteiger partial charge on any atom is -0.464 e. The van der Waals surface area contributed by atoms with Gasteiger partial charge in [0.1, 0.15) is 18.1 Å². The number of carbonyl (C=O) groups excluding carboxylic acids is 2. The fourth-order valence-corrected chi connectivity index (χ4v) is 4.38. The standard InChI is InChI=1S/C29H34N2O4/c1-3-23-12-14-25(15-13-23)29(33)31(19-26-10-7-17-34-26)21-28(32)30(18-24-8-5-4-6-9-24)20-27-16-11-22(2)35-27/h4-6,8-9,11-16,26H,3,7,10,17-21H2,1-2H3. The van der Waals surface area contributed by atoms with Crippen LogP contribution in [-0.4, -0.2) is 47.4 Å². The molecule has 1 atom stereocenters. The molecule has 4 rings (SSSR count). The van der Waals surface area contributed by atoms with E-state index in [0.29, 0.717) is 31.8 Å². The number of rotatable bonds is 10. The molecule has 0 N–H and O–H groups in total. The lowest BCUT2D eigenvalue weighted by atomic mass is 10.1. The molecule has 0 spiro atoms. The molecule has 1 aliphatic rings. The molecule has 1 saturated heterocycles. The molecule has 1 aromatic heterocycles. The summed E-state index contributed by atoms with van der Waals surface area (Å²) in [7, 11) is 0. The van der Waals surface area contributed by atoms with Gasteiger partial charge in [0.05, 0.1) is 12.6 Å². The Morgan fingerprint density at radius 1 is 0.914 bits per heavy atom. The third-order valence-corrected chi connectivity index (χ3v) is 6.38. The molecule has 184 valence electrons. The summed E-state index contributed by atoms with van der Waals surface area (Å²) in [6.07, 6.45) is 2.74. The first-order chi connectivity index (χ1) is 17.0. The highest BCUT2D eigenvalue weighted by atomic mass is 16.5. The van der Waals surface area contributed by atoms with Crippen LogP contribution in [0.4, 0.5) is 0 Å². The van der Waals surface area contributed by atoms with Crippen molar-refractivity contribution in [3.05, 3.63) is 94.9 Å². The fraction of sp³-hybridized carbons (Fsp3) is 0.379. The van der Waals surface area contributed by atoms with Crippen molar-refractivity contribution in [1.82, 2.24) is 9.80 Å². The van der Waals surface area contributed by atoms with E-state index in [1.165, 1.54) is 5.56 Å². The zero-order valence-electron chi connectivity index (χ0n) is 20.6. The summed E-state index contributed by atoms with van der Waals surface area (Å²) < 4.78 is 11.6. The first-order valence-electron chi connectivity index (χ1n) is 12.4. The summed E-state index contributed by atoms with van der Waals surface area (Å²) in [6.45, 7) is 5.84. The second-order valence-electron chi connectivity index (χ2n) is 9.12. The normalized spacial score (nSPS) is 15.2. The van der Waals surface area contributed by atoms with Crippen LogP contribution in [0.25, 0.3) is 0 Å². The van der Waals surface area contributed by atoms with Crippen molar-refractivity contribution in [2.75, 3.05) is 19.7 Å². The average molecular weight is 475 g/mol. The summed E-state index contributed by atoms with van der Waals surface area (Å²) in [4.78, 5) is 30.5. The van der Waals surface area contributed by atoms with Crippen LogP contribution < -0.4 is 0 Å². The van der Waals surface area contributed by atoms with E-state index < -0.39 is 0 Å². The van der Waals surface area contributed by atoms with Gasteiger partial charge >= 0.3 is 0 Å². The molecule has 3 aromatic rings. The Balaban J connectivity index is 1.54. The van der Waals surface area contributed by atoms with Gasteiger partial charge in [0.25, 0.3) is 5.91 Å². The lowest BCUT2D eigenvalue weighted by Crippen LogP contribution is -2.45. The fourth-order valence-electron chi connectivity index (χ4n) is 4.38. The molecular formula is C29H34N2O4. The van der Waals surface area contributed by atoms with Gasteiger partial charge in [-0.3, -0.25) is 9.59 Å². The number of benzene rings is 2. The maximum Gasteiger partial charge on any atom is 0.254 e. The number of furan rings is 1. The van der Waals surface area contributed by atoms with Gasteiger partial charge in [0, 0.05) is 25.3 Å². The molecule has 35 heavy (non-hydrogen) atoms. The highest BCUT2D eigenvalue weighted by Crippen LogP contribution is 2.18. The van der Waals surface area contributed by atoms with Crippen LogP contribution in [-0.2, 0) is 29.0 Å². The van der Waals surface area contributed by atoms with Crippen LogP contribution in [0.3, 0.4) is 0 Å². The topological polar surface area (TPSA) is 63.0 Å². The van der Waals surface area contributed by atoms with E-state index in [0.717, 1.165) is 36.3 Å². The van der Waals surface area contributed by atoms with Crippen molar-refractivity contribution in [2.24, 2.45) is 0 Å². The Morgan fingerprint density at radius 3 is 2.31 bits per heavy atom. The van der Waals surface area contributed by atoms with Crippen molar-refractivity contribution in [2.45, 2.75) is 52.3 Å². The van der Waals surface area contributed by atoms with Gasteiger partial charge in [0.15, 0.2) is 0 Å². The highest BCUT2D eigenvalue weighted by molar-refractivity contribution is 5.96. The number of carbonyl (C=O) groups is 2. The minimum absolute atomic E-state index is 0.0131. The van der Waals surface area contributed by atoms with E-state index in [4.69, 9.17) is 9.15 Å². The van der Waals surface area contributed by atoms with Gasteiger partial charge in [-0.15, -0.1) is 0 Å². The van der Waals surface area contributed by atoms with Gasteiger partial charge in [-0.25, -0.2) is 0 Å². The monoisotopic (exact) mass is 474 g/mol. The van der Waals surface area contributed by atoms with Crippen LogP contribution in [0.2, 0.25) is 0 Å².